The molecule has 0 saturated carbocycles. The predicted octanol–water partition coefficient (Wildman–Crippen LogP) is 3.04. The van der Waals surface area contributed by atoms with E-state index in [1.807, 2.05) is 0 Å². The van der Waals surface area contributed by atoms with Crippen molar-refractivity contribution < 1.29 is 40.7 Å². The number of hydrogen-bond donors (Lipinski definition) is 0. The molecule has 0 unspecified atom stereocenters. The fourth-order valence-corrected chi connectivity index (χ4v) is 3.00. The Labute approximate surface area is 158 Å². The largest absolute Gasteiger partial charge is 0.431 e. The molecule has 0 aliphatic carbocycles. The van der Waals surface area contributed by atoms with Crippen molar-refractivity contribution in [1.29, 1.82) is 0 Å². The van der Waals surface area contributed by atoms with E-state index in [9.17, 15) is 40.7 Å². The molecule has 3 rings (SSSR count). The molecule has 0 N–H and O–H groups in total. The van der Waals surface area contributed by atoms with E-state index in [-0.39, 0.29) is 9.91 Å². The molecule has 0 spiro atoms. The number of halogens is 6. The van der Waals surface area contributed by atoms with Crippen LogP contribution in [0.5, 0.6) is 0 Å². The number of carbonyl (C=O) groups excluding carboxylic acids is 3. The summed E-state index contributed by atoms with van der Waals surface area (Å²) in [5.41, 5.74) is -6.71. The standard InChI is InChI=1S/C16H8F6N4O3/c1-14-6-10(16(20,21)22)24-26(14)12(28)11(27)25(13(14)29)7-3-4-9(23-2)8(5-7)15(17,18)19/h3-5H,6H2,1H3/t14-/m0/s1. The van der Waals surface area contributed by atoms with Gasteiger partial charge in [0.2, 0.25) is 0 Å². The average Bonchev–Trinajstić information content (AvgIpc) is 2.99. The number of fused-ring (bicyclic) bond motifs is 1. The average molecular weight is 418 g/mol. The van der Waals surface area contributed by atoms with Crippen molar-refractivity contribution in [2.45, 2.75) is 31.2 Å². The van der Waals surface area contributed by atoms with Crippen LogP contribution in [0.2, 0.25) is 0 Å². The summed E-state index contributed by atoms with van der Waals surface area (Å²) in [6.07, 6.45) is -11.1. The summed E-state index contributed by atoms with van der Waals surface area (Å²) >= 11 is 0. The summed E-state index contributed by atoms with van der Waals surface area (Å²) < 4.78 is 78.5. The lowest BCUT2D eigenvalue weighted by Crippen LogP contribution is -2.66. The Morgan fingerprint density at radius 1 is 1.07 bits per heavy atom. The third-order valence-corrected chi connectivity index (χ3v) is 4.43. The molecule has 1 aromatic carbocycles. The first-order valence-electron chi connectivity index (χ1n) is 7.68. The van der Waals surface area contributed by atoms with Gasteiger partial charge in [0.05, 0.1) is 17.8 Å². The van der Waals surface area contributed by atoms with Crippen molar-refractivity contribution in [3.05, 3.63) is 35.2 Å². The molecule has 0 bridgehead atoms. The number of anilines is 1. The molecule has 1 aromatic rings. The molecule has 3 amide bonds. The van der Waals surface area contributed by atoms with Crippen molar-refractivity contribution in [2.75, 3.05) is 4.90 Å². The molecule has 1 fully saturated rings. The first kappa shape index (κ1) is 20.3. The second kappa shape index (κ2) is 6.03. The summed E-state index contributed by atoms with van der Waals surface area (Å²) in [6.45, 7) is 7.72. The van der Waals surface area contributed by atoms with Crippen molar-refractivity contribution in [3.8, 4) is 0 Å². The van der Waals surface area contributed by atoms with Crippen molar-refractivity contribution >= 4 is 34.8 Å². The monoisotopic (exact) mass is 418 g/mol. The molecule has 2 heterocycles. The van der Waals surface area contributed by atoms with Gasteiger partial charge < -0.3 is 0 Å². The van der Waals surface area contributed by atoms with Crippen LogP contribution in [-0.2, 0) is 20.6 Å². The number of amides is 3. The van der Waals surface area contributed by atoms with Gasteiger partial charge in [-0.2, -0.15) is 31.4 Å². The number of piperazine rings is 1. The maximum Gasteiger partial charge on any atom is 0.431 e. The maximum absolute atomic E-state index is 13.2. The SMILES string of the molecule is [C-]#[N+]c1ccc(N2C(=O)C(=O)N3N=C(C(F)(F)F)C[C@@]3(C)C2=O)cc1C(F)(F)F. The minimum Gasteiger partial charge on any atom is -0.271 e. The molecule has 29 heavy (non-hydrogen) atoms. The van der Waals surface area contributed by atoms with Gasteiger partial charge in [0.15, 0.2) is 5.69 Å². The lowest BCUT2D eigenvalue weighted by atomic mass is 9.90. The van der Waals surface area contributed by atoms with Crippen molar-refractivity contribution in [2.24, 2.45) is 5.10 Å². The summed E-state index contributed by atoms with van der Waals surface area (Å²) in [5.74, 6) is -4.62. The highest BCUT2D eigenvalue weighted by molar-refractivity contribution is 6.49. The van der Waals surface area contributed by atoms with Crippen LogP contribution in [0.3, 0.4) is 0 Å². The Balaban J connectivity index is 2.11. The van der Waals surface area contributed by atoms with Gasteiger partial charge in [-0.25, -0.2) is 14.8 Å². The Morgan fingerprint density at radius 3 is 2.21 bits per heavy atom. The molecule has 0 aromatic heterocycles. The predicted molar refractivity (Wildman–Crippen MR) is 83.6 cm³/mol. The minimum atomic E-state index is -5.02. The Kier molecular flexibility index (Phi) is 4.22. The molecule has 0 radical (unpaired) electrons. The van der Waals surface area contributed by atoms with E-state index in [2.05, 4.69) is 9.95 Å². The van der Waals surface area contributed by atoms with Gasteiger partial charge in [-0.05, 0) is 19.1 Å². The van der Waals surface area contributed by atoms with Crippen LogP contribution in [0, 0.1) is 6.57 Å². The number of alkyl halides is 6. The summed E-state index contributed by atoms with van der Waals surface area (Å²) in [5, 5.41) is 3.14. The fraction of sp³-hybridized carbons (Fsp3) is 0.312. The van der Waals surface area contributed by atoms with Crippen LogP contribution >= 0.6 is 0 Å². The number of nitrogens with zero attached hydrogens (tertiary/aromatic N) is 4. The number of rotatable bonds is 1. The third kappa shape index (κ3) is 3.00. The molecule has 1 saturated heterocycles. The van der Waals surface area contributed by atoms with Gasteiger partial charge in [0, 0.05) is 6.42 Å². The summed E-state index contributed by atoms with van der Waals surface area (Å²) in [4.78, 5) is 40.2. The first-order valence-corrected chi connectivity index (χ1v) is 7.68. The highest BCUT2D eigenvalue weighted by Gasteiger charge is 2.61. The zero-order chi connectivity index (χ0) is 21.9. The zero-order valence-corrected chi connectivity index (χ0v) is 14.2. The van der Waals surface area contributed by atoms with Gasteiger partial charge in [0.1, 0.15) is 11.3 Å². The smallest absolute Gasteiger partial charge is 0.271 e. The minimum absolute atomic E-state index is 0.0800. The van der Waals surface area contributed by atoms with Gasteiger partial charge in [0.25, 0.3) is 5.91 Å². The van der Waals surface area contributed by atoms with Gasteiger partial charge in [-0.1, -0.05) is 6.07 Å². The molecule has 2 aliphatic heterocycles. The highest BCUT2D eigenvalue weighted by Crippen LogP contribution is 2.42. The molecule has 2 aliphatic rings. The van der Waals surface area contributed by atoms with E-state index < -0.39 is 64.7 Å². The quantitative estimate of drug-likeness (QED) is 0.305. The van der Waals surface area contributed by atoms with E-state index >= 15 is 0 Å². The highest BCUT2D eigenvalue weighted by atomic mass is 19.4. The number of hydrazone groups is 1. The summed E-state index contributed by atoms with van der Waals surface area (Å²) in [7, 11) is 0. The van der Waals surface area contributed by atoms with E-state index in [1.165, 1.54) is 0 Å². The fourth-order valence-electron chi connectivity index (χ4n) is 3.00. The third-order valence-electron chi connectivity index (χ3n) is 4.43. The number of benzene rings is 1. The number of hydrogen-bond acceptors (Lipinski definition) is 4. The Morgan fingerprint density at radius 2 is 1.69 bits per heavy atom. The maximum atomic E-state index is 13.2. The van der Waals surface area contributed by atoms with Crippen LogP contribution in [0.4, 0.5) is 37.7 Å². The molecule has 152 valence electrons. The van der Waals surface area contributed by atoms with E-state index in [0.717, 1.165) is 13.0 Å². The van der Waals surface area contributed by atoms with Crippen LogP contribution < -0.4 is 4.90 Å². The van der Waals surface area contributed by atoms with E-state index in [4.69, 9.17) is 6.57 Å². The second-order valence-electron chi connectivity index (χ2n) is 6.37. The van der Waals surface area contributed by atoms with Gasteiger partial charge in [-0.15, -0.1) is 0 Å². The number of imide groups is 1. The molecular formula is C16H8F6N4O3. The second-order valence-corrected chi connectivity index (χ2v) is 6.37. The zero-order valence-electron chi connectivity index (χ0n) is 14.2. The lowest BCUT2D eigenvalue weighted by molar-refractivity contribution is -0.157. The normalized spacial score (nSPS) is 22.6. The first-order chi connectivity index (χ1) is 13.2. The molecule has 7 nitrogen and oxygen atoms in total. The Bertz CT molecular complexity index is 1020. The van der Waals surface area contributed by atoms with Crippen molar-refractivity contribution in [3.63, 3.8) is 0 Å². The van der Waals surface area contributed by atoms with E-state index in [0.29, 0.717) is 12.1 Å². The number of carbonyl (C=O) groups is 3. The molecule has 1 atom stereocenters. The molecular weight excluding hydrogens is 410 g/mol. The lowest BCUT2D eigenvalue weighted by Gasteiger charge is -2.39. The van der Waals surface area contributed by atoms with Crippen LogP contribution in [-0.4, -0.2) is 40.2 Å². The topological polar surface area (TPSA) is 74.4 Å². The van der Waals surface area contributed by atoms with Gasteiger partial charge >= 0.3 is 24.2 Å². The van der Waals surface area contributed by atoms with Crippen molar-refractivity contribution in [1.82, 2.24) is 5.01 Å². The molecule has 13 heteroatoms. The van der Waals surface area contributed by atoms with E-state index in [1.54, 1.807) is 0 Å². The van der Waals surface area contributed by atoms with Crippen LogP contribution in [0.15, 0.2) is 23.3 Å². The summed E-state index contributed by atoms with van der Waals surface area (Å²) in [6, 6.07) is 1.83. The Hall–Kier alpha value is -3.43. The van der Waals surface area contributed by atoms with Crippen LogP contribution in [0.1, 0.15) is 18.9 Å². The van der Waals surface area contributed by atoms with Gasteiger partial charge in [-0.3, -0.25) is 14.4 Å². The van der Waals surface area contributed by atoms with Crippen LogP contribution in [0.25, 0.3) is 4.85 Å².